The van der Waals surface area contributed by atoms with E-state index in [2.05, 4.69) is 0 Å². The van der Waals surface area contributed by atoms with E-state index in [4.69, 9.17) is 16.7 Å². The molecule has 2 aromatic carbocycles. The van der Waals surface area contributed by atoms with Crippen LogP contribution in [0.5, 0.6) is 5.75 Å². The van der Waals surface area contributed by atoms with E-state index in [1.54, 1.807) is 43.3 Å². The quantitative estimate of drug-likeness (QED) is 0.627. The summed E-state index contributed by atoms with van der Waals surface area (Å²) in [5.41, 5.74) is 0.688. The average molecular weight is 266 g/mol. The number of aryl methyl sites for hydroxylation is 1. The zero-order valence-electron chi connectivity index (χ0n) is 9.71. The van der Waals surface area contributed by atoms with Gasteiger partial charge in [-0.15, -0.1) is 0 Å². The van der Waals surface area contributed by atoms with Crippen molar-refractivity contribution in [3.63, 3.8) is 0 Å². The van der Waals surface area contributed by atoms with Crippen LogP contribution in [0.2, 0.25) is 5.02 Å². The molecule has 18 heavy (non-hydrogen) atoms. The molecule has 0 aliphatic carbocycles. The molecule has 1 N–H and O–H groups in total. The van der Waals surface area contributed by atoms with Gasteiger partial charge in [-0.3, -0.25) is 10.1 Å². The first-order chi connectivity index (χ1) is 8.52. The van der Waals surface area contributed by atoms with Gasteiger partial charge in [0.05, 0.1) is 4.92 Å². The van der Waals surface area contributed by atoms with Crippen LogP contribution in [0, 0.1) is 17.0 Å². The Bertz CT molecular complexity index is 529. The minimum Gasteiger partial charge on any atom is -0.508 e. The van der Waals surface area contributed by atoms with Crippen LogP contribution in [0.1, 0.15) is 5.56 Å². The average Bonchev–Trinajstić information content (AvgIpc) is 2.34. The third kappa shape index (κ3) is 4.07. The van der Waals surface area contributed by atoms with E-state index in [0.717, 1.165) is 5.56 Å². The molecule has 0 aliphatic rings. The maximum absolute atomic E-state index is 10.3. The normalized spacial score (nSPS) is 9.22. The lowest BCUT2D eigenvalue weighted by molar-refractivity contribution is -0.384. The lowest BCUT2D eigenvalue weighted by Crippen LogP contribution is -1.89. The molecule has 0 heterocycles. The van der Waals surface area contributed by atoms with E-state index in [1.165, 1.54) is 6.07 Å². The molecule has 0 unspecified atom stereocenters. The predicted molar refractivity (Wildman–Crippen MR) is 71.0 cm³/mol. The van der Waals surface area contributed by atoms with Crippen molar-refractivity contribution in [2.75, 3.05) is 0 Å². The van der Waals surface area contributed by atoms with Crippen LogP contribution in [0.4, 0.5) is 5.69 Å². The van der Waals surface area contributed by atoms with Crippen molar-refractivity contribution >= 4 is 17.3 Å². The fourth-order valence-corrected chi connectivity index (χ4v) is 1.40. The maximum Gasteiger partial charge on any atom is 0.288 e. The molecule has 94 valence electrons. The van der Waals surface area contributed by atoms with E-state index >= 15 is 0 Å². The van der Waals surface area contributed by atoms with Gasteiger partial charge in [-0.2, -0.15) is 0 Å². The Hall–Kier alpha value is -2.07. The highest BCUT2D eigenvalue weighted by Gasteiger charge is 2.11. The summed E-state index contributed by atoms with van der Waals surface area (Å²) < 4.78 is 0. The summed E-state index contributed by atoms with van der Waals surface area (Å²) in [4.78, 5) is 9.80. The number of benzene rings is 2. The molecule has 2 aromatic rings. The van der Waals surface area contributed by atoms with Crippen molar-refractivity contribution in [1.82, 2.24) is 0 Å². The first-order valence-corrected chi connectivity index (χ1v) is 5.53. The van der Waals surface area contributed by atoms with Crippen molar-refractivity contribution in [2.24, 2.45) is 0 Å². The topological polar surface area (TPSA) is 63.4 Å². The zero-order chi connectivity index (χ0) is 13.5. The van der Waals surface area contributed by atoms with Crippen LogP contribution in [0.3, 0.4) is 0 Å². The van der Waals surface area contributed by atoms with Crippen LogP contribution < -0.4 is 0 Å². The molecule has 0 spiro atoms. The Labute approximate surface area is 110 Å². The number of hydrogen-bond donors (Lipinski definition) is 1. The van der Waals surface area contributed by atoms with Gasteiger partial charge >= 0.3 is 0 Å². The van der Waals surface area contributed by atoms with Crippen LogP contribution in [0.15, 0.2) is 48.5 Å². The van der Waals surface area contributed by atoms with Gasteiger partial charge in [-0.1, -0.05) is 41.9 Å². The lowest BCUT2D eigenvalue weighted by Gasteiger charge is -1.96. The standard InChI is InChI=1S/C7H6ClNO2.C6H6O/c1-5-3-2-4-6(7(5)8)9(10)11;7-6-4-2-1-3-5-6/h2-4H,1H3;1-5,7H. The number of nitrogens with zero attached hydrogens (tertiary/aromatic N) is 1. The zero-order valence-corrected chi connectivity index (χ0v) is 10.5. The second-order valence-corrected chi connectivity index (χ2v) is 3.88. The van der Waals surface area contributed by atoms with Crippen LogP contribution in [0.25, 0.3) is 0 Å². The van der Waals surface area contributed by atoms with E-state index < -0.39 is 4.92 Å². The molecule has 0 atom stereocenters. The predicted octanol–water partition coefficient (Wildman–Crippen LogP) is 3.95. The Morgan fingerprint density at radius 2 is 1.72 bits per heavy atom. The highest BCUT2D eigenvalue weighted by atomic mass is 35.5. The molecule has 0 radical (unpaired) electrons. The Morgan fingerprint density at radius 1 is 1.11 bits per heavy atom. The Morgan fingerprint density at radius 3 is 2.11 bits per heavy atom. The minimum absolute atomic E-state index is 0.0355. The molecule has 0 fully saturated rings. The van der Waals surface area contributed by atoms with E-state index in [1.807, 2.05) is 6.07 Å². The van der Waals surface area contributed by atoms with Crippen molar-refractivity contribution < 1.29 is 10.0 Å². The van der Waals surface area contributed by atoms with E-state index in [9.17, 15) is 10.1 Å². The maximum atomic E-state index is 10.3. The van der Waals surface area contributed by atoms with Crippen LogP contribution in [-0.2, 0) is 0 Å². The number of para-hydroxylation sites is 1. The molecule has 0 saturated carbocycles. The lowest BCUT2D eigenvalue weighted by atomic mass is 10.2. The first kappa shape index (κ1) is 14.0. The van der Waals surface area contributed by atoms with Gasteiger partial charge in [-0.25, -0.2) is 0 Å². The molecular weight excluding hydrogens is 254 g/mol. The van der Waals surface area contributed by atoms with Gasteiger partial charge in [0, 0.05) is 6.07 Å². The van der Waals surface area contributed by atoms with Crippen molar-refractivity contribution in [3.05, 3.63) is 69.2 Å². The number of aromatic hydroxyl groups is 1. The molecular formula is C13H12ClNO3. The first-order valence-electron chi connectivity index (χ1n) is 5.16. The second-order valence-electron chi connectivity index (χ2n) is 3.50. The van der Waals surface area contributed by atoms with Gasteiger partial charge in [0.2, 0.25) is 0 Å². The van der Waals surface area contributed by atoms with Crippen molar-refractivity contribution in [1.29, 1.82) is 0 Å². The van der Waals surface area contributed by atoms with Crippen molar-refractivity contribution in [2.45, 2.75) is 6.92 Å². The molecule has 0 amide bonds. The molecule has 0 bridgehead atoms. The molecule has 5 heteroatoms. The molecule has 0 saturated heterocycles. The van der Waals surface area contributed by atoms with Gasteiger partial charge in [-0.05, 0) is 24.6 Å². The second kappa shape index (κ2) is 6.61. The fourth-order valence-electron chi connectivity index (χ4n) is 1.20. The molecule has 0 aromatic heterocycles. The third-order valence-corrected chi connectivity index (χ3v) is 2.62. The van der Waals surface area contributed by atoms with Gasteiger partial charge in [0.15, 0.2) is 0 Å². The Kier molecular flexibility index (Phi) is 5.14. The smallest absolute Gasteiger partial charge is 0.288 e. The fraction of sp³-hybridized carbons (Fsp3) is 0.0769. The van der Waals surface area contributed by atoms with E-state index in [0.29, 0.717) is 5.75 Å². The molecule has 0 aliphatic heterocycles. The summed E-state index contributed by atoms with van der Waals surface area (Å²) in [6.45, 7) is 1.73. The largest absolute Gasteiger partial charge is 0.508 e. The van der Waals surface area contributed by atoms with Crippen LogP contribution in [-0.4, -0.2) is 10.0 Å². The summed E-state index contributed by atoms with van der Waals surface area (Å²) in [5, 5.41) is 19.1. The molecule has 2 rings (SSSR count). The van der Waals surface area contributed by atoms with E-state index in [-0.39, 0.29) is 10.7 Å². The highest BCUT2D eigenvalue weighted by Crippen LogP contribution is 2.26. The number of hydrogen-bond acceptors (Lipinski definition) is 3. The summed E-state index contributed by atoms with van der Waals surface area (Å²) in [7, 11) is 0. The number of phenolic OH excluding ortho intramolecular Hbond substituents is 1. The highest BCUT2D eigenvalue weighted by molar-refractivity contribution is 6.33. The number of rotatable bonds is 1. The van der Waals surface area contributed by atoms with Gasteiger partial charge in [0.1, 0.15) is 10.8 Å². The number of nitro benzene ring substituents is 1. The summed E-state index contributed by atoms with van der Waals surface area (Å²) in [6, 6.07) is 13.4. The number of nitro groups is 1. The van der Waals surface area contributed by atoms with Gasteiger partial charge < -0.3 is 5.11 Å². The third-order valence-electron chi connectivity index (χ3n) is 2.12. The monoisotopic (exact) mass is 265 g/mol. The van der Waals surface area contributed by atoms with Crippen molar-refractivity contribution in [3.8, 4) is 5.75 Å². The number of halogens is 1. The summed E-state index contributed by atoms with van der Waals surface area (Å²) >= 11 is 5.65. The SMILES string of the molecule is Cc1cccc([N+](=O)[O-])c1Cl.Oc1ccccc1. The summed E-state index contributed by atoms with van der Waals surface area (Å²) in [6.07, 6.45) is 0. The van der Waals surface area contributed by atoms with Gasteiger partial charge in [0.25, 0.3) is 5.69 Å². The Balaban J connectivity index is 0.000000199. The van der Waals surface area contributed by atoms with Crippen LogP contribution >= 0.6 is 11.6 Å². The molecule has 4 nitrogen and oxygen atoms in total. The number of phenols is 1. The summed E-state index contributed by atoms with van der Waals surface area (Å²) in [5.74, 6) is 0.322. The minimum atomic E-state index is -0.491.